The monoisotopic (exact) mass is 541 g/mol. The van der Waals surface area contributed by atoms with E-state index in [1.165, 1.54) is 23.5 Å². The number of imide groups is 1. The first kappa shape index (κ1) is 25.8. The molecule has 0 fully saturated rings. The second-order valence-electron chi connectivity index (χ2n) is 8.24. The maximum absolute atomic E-state index is 12.2. The number of nitrogens with one attached hydrogen (secondary N) is 1. The van der Waals surface area contributed by atoms with Gasteiger partial charge >= 0.3 is 0 Å². The van der Waals surface area contributed by atoms with Crippen molar-refractivity contribution in [2.75, 3.05) is 32.7 Å². The number of thiophene rings is 2. The molecule has 186 valence electrons. The third-order valence-electron chi connectivity index (χ3n) is 5.48. The second kappa shape index (κ2) is 10.8. The van der Waals surface area contributed by atoms with Crippen molar-refractivity contribution in [3.05, 3.63) is 59.5 Å². The molecule has 11 heteroatoms. The van der Waals surface area contributed by atoms with Crippen LogP contribution in [0.25, 0.3) is 31.4 Å². The highest BCUT2D eigenvalue weighted by atomic mass is 35.5. The Labute approximate surface area is 222 Å². The van der Waals surface area contributed by atoms with Gasteiger partial charge in [0.1, 0.15) is 17.2 Å². The van der Waals surface area contributed by atoms with Gasteiger partial charge in [0, 0.05) is 23.6 Å². The molecule has 0 bridgehead atoms. The van der Waals surface area contributed by atoms with Crippen LogP contribution in [0.15, 0.2) is 53.9 Å². The third-order valence-corrected chi connectivity index (χ3v) is 7.58. The van der Waals surface area contributed by atoms with Crippen LogP contribution in [0.2, 0.25) is 0 Å². The molecule has 5 rings (SSSR count). The van der Waals surface area contributed by atoms with Gasteiger partial charge in [-0.15, -0.1) is 35.1 Å². The first-order valence-electron chi connectivity index (χ1n) is 11.0. The molecule has 0 spiro atoms. The lowest BCUT2D eigenvalue weighted by Gasteiger charge is -2.17. The van der Waals surface area contributed by atoms with Gasteiger partial charge in [0.05, 0.1) is 10.3 Å². The maximum atomic E-state index is 12.2. The molecule has 0 aliphatic carbocycles. The molecule has 3 aromatic heterocycles. The number of hydrazine groups is 1. The van der Waals surface area contributed by atoms with E-state index in [0.29, 0.717) is 18.2 Å². The SMILES string of the molecule is Cc1c(-c2ccc(OCCN(C)C)cc2)sc2nc(-c3cccs3)nc(NN3C(=O)C=CC3=O)c12.Cl. The molecule has 36 heavy (non-hydrogen) atoms. The summed E-state index contributed by atoms with van der Waals surface area (Å²) < 4.78 is 5.82. The van der Waals surface area contributed by atoms with Crippen LogP contribution >= 0.6 is 35.1 Å². The van der Waals surface area contributed by atoms with E-state index in [9.17, 15) is 9.59 Å². The lowest BCUT2D eigenvalue weighted by atomic mass is 10.1. The molecule has 2 amide bonds. The standard InChI is InChI=1S/C25H23N5O3S2.ClH/c1-15-21-24(28-30-19(31)10-11-20(30)32)26-23(18-5-4-14-34-18)27-25(21)35-22(15)16-6-8-17(9-7-16)33-13-12-29(2)3;/h4-11,14H,12-13H2,1-3H3,(H,26,27,28);1H. The lowest BCUT2D eigenvalue weighted by Crippen LogP contribution is -2.36. The molecule has 1 aliphatic heterocycles. The molecular formula is C25H24ClN5O3S2. The largest absolute Gasteiger partial charge is 0.492 e. The molecule has 4 aromatic rings. The predicted octanol–water partition coefficient (Wildman–Crippen LogP) is 5.01. The zero-order valence-corrected chi connectivity index (χ0v) is 22.3. The summed E-state index contributed by atoms with van der Waals surface area (Å²) in [5.74, 6) is 0.914. The van der Waals surface area contributed by atoms with E-state index < -0.39 is 11.8 Å². The van der Waals surface area contributed by atoms with E-state index in [4.69, 9.17) is 14.7 Å². The van der Waals surface area contributed by atoms with Gasteiger partial charge in [-0.05, 0) is 67.9 Å². The molecule has 8 nitrogen and oxygen atoms in total. The Morgan fingerprint density at radius 1 is 1.06 bits per heavy atom. The number of rotatable bonds is 8. The fraction of sp³-hybridized carbons (Fsp3) is 0.200. The van der Waals surface area contributed by atoms with Gasteiger partial charge < -0.3 is 9.64 Å². The van der Waals surface area contributed by atoms with Gasteiger partial charge in [0.25, 0.3) is 11.8 Å². The van der Waals surface area contributed by atoms with Crippen molar-refractivity contribution in [3.8, 4) is 26.9 Å². The smallest absolute Gasteiger partial charge is 0.272 e. The number of hydrogen-bond donors (Lipinski definition) is 1. The number of carbonyl (C=O) groups excluding carboxylic acids is 2. The summed E-state index contributed by atoms with van der Waals surface area (Å²) in [6.07, 6.45) is 2.48. The van der Waals surface area contributed by atoms with Gasteiger partial charge in [0.2, 0.25) is 0 Å². The van der Waals surface area contributed by atoms with Crippen molar-refractivity contribution in [3.63, 3.8) is 0 Å². The van der Waals surface area contributed by atoms with E-state index in [1.807, 2.05) is 62.8 Å². The van der Waals surface area contributed by atoms with Crippen LogP contribution in [0.3, 0.4) is 0 Å². The molecule has 1 N–H and O–H groups in total. The van der Waals surface area contributed by atoms with Crippen molar-refractivity contribution in [1.29, 1.82) is 0 Å². The Kier molecular flexibility index (Phi) is 7.70. The van der Waals surface area contributed by atoms with E-state index in [-0.39, 0.29) is 12.4 Å². The van der Waals surface area contributed by atoms with Crippen LogP contribution < -0.4 is 10.2 Å². The third kappa shape index (κ3) is 5.12. The van der Waals surface area contributed by atoms with Gasteiger partial charge in [0.15, 0.2) is 11.6 Å². The van der Waals surface area contributed by atoms with Crippen LogP contribution in [-0.4, -0.2) is 58.9 Å². The Hall–Kier alpha value is -3.31. The second-order valence-corrected chi connectivity index (χ2v) is 10.2. The van der Waals surface area contributed by atoms with E-state index in [1.54, 1.807) is 11.3 Å². The van der Waals surface area contributed by atoms with E-state index in [0.717, 1.165) is 48.4 Å². The number of nitrogens with zero attached hydrogens (tertiary/aromatic N) is 4. The number of carbonyl (C=O) groups is 2. The summed E-state index contributed by atoms with van der Waals surface area (Å²) in [6.45, 7) is 3.46. The van der Waals surface area contributed by atoms with E-state index in [2.05, 4.69) is 10.3 Å². The highest BCUT2D eigenvalue weighted by molar-refractivity contribution is 7.22. The number of halogens is 1. The number of amides is 2. The topological polar surface area (TPSA) is 87.7 Å². The number of ether oxygens (including phenoxy) is 1. The molecule has 0 radical (unpaired) electrons. The molecule has 4 heterocycles. The van der Waals surface area contributed by atoms with Crippen molar-refractivity contribution in [1.82, 2.24) is 19.9 Å². The highest BCUT2D eigenvalue weighted by Gasteiger charge is 2.27. The molecule has 0 saturated heterocycles. The number of aromatic nitrogens is 2. The number of benzene rings is 1. The zero-order valence-electron chi connectivity index (χ0n) is 19.8. The van der Waals surface area contributed by atoms with Crippen LogP contribution in [0.1, 0.15) is 5.56 Å². The number of likely N-dealkylation sites (N-methyl/N-ethyl adjacent to an activating group) is 1. The molecule has 0 atom stereocenters. The van der Waals surface area contributed by atoms with Gasteiger partial charge in [-0.3, -0.25) is 15.0 Å². The van der Waals surface area contributed by atoms with Crippen molar-refractivity contribution >= 4 is 62.9 Å². The zero-order chi connectivity index (χ0) is 24.5. The van der Waals surface area contributed by atoms with Crippen LogP contribution in [-0.2, 0) is 9.59 Å². The van der Waals surface area contributed by atoms with Gasteiger partial charge in [-0.2, -0.15) is 5.01 Å². The van der Waals surface area contributed by atoms with Crippen LogP contribution in [0.5, 0.6) is 5.75 Å². The average Bonchev–Trinajstić information content (AvgIpc) is 3.56. The van der Waals surface area contributed by atoms with E-state index >= 15 is 0 Å². The Morgan fingerprint density at radius 3 is 2.42 bits per heavy atom. The molecule has 1 aliphatic rings. The predicted molar refractivity (Wildman–Crippen MR) is 147 cm³/mol. The lowest BCUT2D eigenvalue weighted by molar-refractivity contribution is -0.135. The van der Waals surface area contributed by atoms with Gasteiger partial charge in [-0.1, -0.05) is 6.07 Å². The minimum absolute atomic E-state index is 0. The summed E-state index contributed by atoms with van der Waals surface area (Å²) in [6, 6.07) is 11.9. The fourth-order valence-corrected chi connectivity index (χ4v) is 5.52. The summed E-state index contributed by atoms with van der Waals surface area (Å²) >= 11 is 3.08. The summed E-state index contributed by atoms with van der Waals surface area (Å²) in [7, 11) is 4.03. The first-order chi connectivity index (χ1) is 16.9. The number of anilines is 1. The maximum Gasteiger partial charge on any atom is 0.272 e. The summed E-state index contributed by atoms with van der Waals surface area (Å²) in [5, 5.41) is 3.71. The van der Waals surface area contributed by atoms with Crippen molar-refractivity contribution < 1.29 is 14.3 Å². The van der Waals surface area contributed by atoms with Crippen LogP contribution in [0, 0.1) is 6.92 Å². The Bertz CT molecular complexity index is 1410. The molecular weight excluding hydrogens is 518 g/mol. The average molecular weight is 542 g/mol. The summed E-state index contributed by atoms with van der Waals surface area (Å²) in [5.41, 5.74) is 4.94. The molecule has 0 saturated carbocycles. The fourth-order valence-electron chi connectivity index (χ4n) is 3.68. The van der Waals surface area contributed by atoms with Gasteiger partial charge in [-0.25, -0.2) is 9.97 Å². The summed E-state index contributed by atoms with van der Waals surface area (Å²) in [4.78, 5) is 38.7. The number of aryl methyl sites for hydroxylation is 1. The Morgan fingerprint density at radius 2 is 1.78 bits per heavy atom. The Balaban J connectivity index is 0.00000304. The van der Waals surface area contributed by atoms with Crippen molar-refractivity contribution in [2.24, 2.45) is 0 Å². The first-order valence-corrected chi connectivity index (χ1v) is 12.7. The molecule has 1 aromatic carbocycles. The number of fused-ring (bicyclic) bond motifs is 1. The van der Waals surface area contributed by atoms with Crippen molar-refractivity contribution in [2.45, 2.75) is 6.92 Å². The van der Waals surface area contributed by atoms with Crippen LogP contribution in [0.4, 0.5) is 5.82 Å². The quantitative estimate of drug-likeness (QED) is 0.314. The minimum Gasteiger partial charge on any atom is -0.492 e. The normalized spacial score (nSPS) is 13.1. The number of hydrogen-bond acceptors (Lipinski definition) is 9. The highest BCUT2D eigenvalue weighted by Crippen LogP contribution is 2.41. The minimum atomic E-state index is -0.433. The molecule has 0 unspecified atom stereocenters.